The second kappa shape index (κ2) is 5.82. The smallest absolute Gasteiger partial charge is 0.300 e. The summed E-state index contributed by atoms with van der Waals surface area (Å²) >= 11 is 0. The molecule has 1 fully saturated rings. The van der Waals surface area contributed by atoms with Gasteiger partial charge < -0.3 is 10.2 Å². The van der Waals surface area contributed by atoms with E-state index in [1.807, 2.05) is 0 Å². The first kappa shape index (κ1) is 14.9. The lowest BCUT2D eigenvalue weighted by molar-refractivity contribution is -0.134. The van der Waals surface area contributed by atoms with Crippen LogP contribution in [0.2, 0.25) is 0 Å². The molecule has 3 nitrogen and oxygen atoms in total. The molecule has 1 rings (SSSR count). The summed E-state index contributed by atoms with van der Waals surface area (Å²) in [6.45, 7) is 9.46. The van der Waals surface area contributed by atoms with Crippen molar-refractivity contribution in [1.29, 1.82) is 0 Å². The molecule has 0 spiro atoms. The van der Waals surface area contributed by atoms with Gasteiger partial charge in [-0.05, 0) is 13.8 Å². The fourth-order valence-corrected chi connectivity index (χ4v) is 4.70. The second-order valence-electron chi connectivity index (χ2n) is 4.10. The van der Waals surface area contributed by atoms with Gasteiger partial charge in [-0.25, -0.2) is 0 Å². The Labute approximate surface area is 98.7 Å². The van der Waals surface area contributed by atoms with Crippen LogP contribution in [0.15, 0.2) is 10.5 Å². The van der Waals surface area contributed by atoms with Crippen LogP contribution in [0.1, 0.15) is 34.6 Å². The van der Waals surface area contributed by atoms with Crippen molar-refractivity contribution in [2.75, 3.05) is 0 Å². The topological polar surface area (TPSA) is 57.5 Å². The van der Waals surface area contributed by atoms with Crippen LogP contribution in [0, 0.1) is 5.41 Å². The highest BCUT2D eigenvalue weighted by atomic mass is 33.1. The molecular weight excluding hydrogens is 232 g/mol. The molecule has 1 atom stereocenters. The first-order valence-corrected chi connectivity index (χ1v) is 6.79. The van der Waals surface area contributed by atoms with Gasteiger partial charge >= 0.3 is 0 Å². The number of carboxylic acid groups (broad SMARTS) is 1. The van der Waals surface area contributed by atoms with E-state index in [0.717, 1.165) is 6.92 Å². The Morgan fingerprint density at radius 1 is 1.33 bits per heavy atom. The average Bonchev–Trinajstić information content (AvgIpc) is 2.25. The van der Waals surface area contributed by atoms with E-state index in [1.165, 1.54) is 10.5 Å². The van der Waals surface area contributed by atoms with Crippen LogP contribution in [0.5, 0.6) is 0 Å². The van der Waals surface area contributed by atoms with E-state index in [0.29, 0.717) is 0 Å². The number of aliphatic carboxylic acids is 1. The van der Waals surface area contributed by atoms with Gasteiger partial charge in [0.2, 0.25) is 0 Å². The Bertz CT molecular complexity index is 264. The molecule has 1 aliphatic heterocycles. The fraction of sp³-hybridized carbons (Fsp3) is 0.700. The minimum atomic E-state index is -0.833. The molecule has 5 heteroatoms. The van der Waals surface area contributed by atoms with Crippen molar-refractivity contribution in [3.63, 3.8) is 0 Å². The highest BCUT2D eigenvalue weighted by Gasteiger charge is 2.40. The first-order valence-electron chi connectivity index (χ1n) is 4.58. The van der Waals surface area contributed by atoms with E-state index in [1.54, 1.807) is 21.6 Å². The predicted octanol–water partition coefficient (Wildman–Crippen LogP) is 3.11. The summed E-state index contributed by atoms with van der Waals surface area (Å²) in [4.78, 5) is 10.3. The molecule has 0 aromatic carbocycles. The van der Waals surface area contributed by atoms with Crippen molar-refractivity contribution in [3.8, 4) is 0 Å². The van der Waals surface area contributed by atoms with Crippen LogP contribution in [0.25, 0.3) is 0 Å². The molecule has 0 aliphatic carbocycles. The molecule has 0 bridgehead atoms. The maximum absolute atomic E-state index is 9.58. The van der Waals surface area contributed by atoms with Gasteiger partial charge in [0.15, 0.2) is 0 Å². The van der Waals surface area contributed by atoms with Crippen molar-refractivity contribution in [2.45, 2.75) is 40.1 Å². The number of carboxylic acids is 1. The van der Waals surface area contributed by atoms with Crippen molar-refractivity contribution in [2.24, 2.45) is 5.41 Å². The molecule has 88 valence electrons. The molecule has 15 heavy (non-hydrogen) atoms. The minimum Gasteiger partial charge on any atom is -0.481 e. The molecule has 0 amide bonds. The number of aliphatic hydroxyl groups is 1. The van der Waals surface area contributed by atoms with Gasteiger partial charge in [-0.1, -0.05) is 41.0 Å². The van der Waals surface area contributed by atoms with E-state index < -0.39 is 5.97 Å². The average molecular weight is 250 g/mol. The summed E-state index contributed by atoms with van der Waals surface area (Å²) < 4.78 is 0. The van der Waals surface area contributed by atoms with Crippen LogP contribution in [-0.4, -0.2) is 21.6 Å². The Balaban J connectivity index is 0.000000423. The van der Waals surface area contributed by atoms with Gasteiger partial charge in [0.25, 0.3) is 5.97 Å². The molecule has 0 aromatic rings. The fourth-order valence-electron chi connectivity index (χ4n) is 1.16. The molecule has 2 N–H and O–H groups in total. The van der Waals surface area contributed by atoms with Gasteiger partial charge in [0, 0.05) is 17.2 Å². The Morgan fingerprint density at radius 3 is 1.87 bits per heavy atom. The van der Waals surface area contributed by atoms with Crippen molar-refractivity contribution in [1.82, 2.24) is 0 Å². The summed E-state index contributed by atoms with van der Waals surface area (Å²) in [5.74, 6) is -0.833. The third kappa shape index (κ3) is 4.49. The largest absolute Gasteiger partial charge is 0.481 e. The number of rotatable bonds is 0. The molecule has 0 radical (unpaired) electrons. The Morgan fingerprint density at radius 2 is 1.73 bits per heavy atom. The maximum Gasteiger partial charge on any atom is 0.300 e. The lowest BCUT2D eigenvalue weighted by atomic mass is 9.91. The van der Waals surface area contributed by atoms with Crippen LogP contribution in [0.4, 0.5) is 0 Å². The van der Waals surface area contributed by atoms with Crippen molar-refractivity contribution < 1.29 is 15.0 Å². The number of aliphatic hydroxyl groups excluding tert-OH is 1. The Hall–Kier alpha value is -0.130. The Kier molecular flexibility index (Phi) is 5.77. The summed E-state index contributed by atoms with van der Waals surface area (Å²) in [6, 6.07) is 0. The zero-order chi connectivity index (χ0) is 12.2. The van der Waals surface area contributed by atoms with E-state index in [2.05, 4.69) is 27.7 Å². The number of hydrogen-bond donors (Lipinski definition) is 2. The normalized spacial score (nSPS) is 23.1. The number of allylic oxidation sites excluding steroid dienone is 1. The van der Waals surface area contributed by atoms with Crippen LogP contribution in [-0.2, 0) is 4.79 Å². The third-order valence-electron chi connectivity index (χ3n) is 1.88. The highest BCUT2D eigenvalue weighted by molar-refractivity contribution is 8.78. The molecule has 0 aromatic heterocycles. The van der Waals surface area contributed by atoms with Crippen LogP contribution >= 0.6 is 21.6 Å². The zero-order valence-electron chi connectivity index (χ0n) is 9.70. The van der Waals surface area contributed by atoms with E-state index in [-0.39, 0.29) is 10.9 Å². The van der Waals surface area contributed by atoms with Crippen LogP contribution < -0.4 is 0 Å². The quantitative estimate of drug-likeness (QED) is 0.647. The van der Waals surface area contributed by atoms with Crippen LogP contribution in [0.3, 0.4) is 0 Å². The summed E-state index contributed by atoms with van der Waals surface area (Å²) in [5, 5.41) is 17.0. The SMILES string of the molecule is CC(=O)O.CC(C)=C1SSC(O)C1(C)C. The molecule has 1 heterocycles. The standard InChI is InChI=1S/C8H14OS2.C2H4O2/c1-5(2)6-8(3,4)7(9)11-10-6;1-2(3)4/h7,9H,1-4H3;1H3,(H,3,4). The second-order valence-corrected chi connectivity index (χ2v) is 6.39. The van der Waals surface area contributed by atoms with Crippen molar-refractivity contribution >= 4 is 27.6 Å². The van der Waals surface area contributed by atoms with E-state index >= 15 is 0 Å². The molecule has 1 saturated heterocycles. The molecular formula is C10H18O3S2. The summed E-state index contributed by atoms with van der Waals surface area (Å²) in [7, 11) is 3.27. The van der Waals surface area contributed by atoms with Gasteiger partial charge in [-0.15, -0.1) is 0 Å². The molecule has 1 aliphatic rings. The lowest BCUT2D eigenvalue weighted by Crippen LogP contribution is -2.22. The molecule has 0 saturated carbocycles. The number of carbonyl (C=O) groups is 1. The minimum absolute atomic E-state index is 0.0475. The van der Waals surface area contributed by atoms with Gasteiger partial charge in [0.1, 0.15) is 5.44 Å². The zero-order valence-corrected chi connectivity index (χ0v) is 11.3. The number of hydrogen-bond acceptors (Lipinski definition) is 4. The third-order valence-corrected chi connectivity index (χ3v) is 5.18. The molecule has 1 unspecified atom stereocenters. The first-order chi connectivity index (χ1) is 6.69. The van der Waals surface area contributed by atoms with E-state index in [9.17, 15) is 5.11 Å². The van der Waals surface area contributed by atoms with E-state index in [4.69, 9.17) is 9.90 Å². The van der Waals surface area contributed by atoms with Crippen molar-refractivity contribution in [3.05, 3.63) is 10.5 Å². The maximum atomic E-state index is 9.58. The predicted molar refractivity (Wildman–Crippen MR) is 66.7 cm³/mol. The summed E-state index contributed by atoms with van der Waals surface area (Å²) in [6.07, 6.45) is 0. The van der Waals surface area contributed by atoms with Gasteiger partial charge in [0.05, 0.1) is 0 Å². The van der Waals surface area contributed by atoms with Gasteiger partial charge in [-0.2, -0.15) is 0 Å². The monoisotopic (exact) mass is 250 g/mol. The highest BCUT2D eigenvalue weighted by Crippen LogP contribution is 2.57. The van der Waals surface area contributed by atoms with Gasteiger partial charge in [-0.3, -0.25) is 4.79 Å². The lowest BCUT2D eigenvalue weighted by Gasteiger charge is -2.22. The summed E-state index contributed by atoms with van der Waals surface area (Å²) in [5.41, 5.74) is 1.02.